The molecule has 2 saturated heterocycles. The minimum atomic E-state index is 0.612. The number of anilines is 1. The number of ether oxygens (including phenoxy) is 2. The zero-order chi connectivity index (χ0) is 19.9. The number of benzene rings is 1. The first-order valence-electron chi connectivity index (χ1n) is 9.96. The fourth-order valence-corrected chi connectivity index (χ4v) is 4.25. The van der Waals surface area contributed by atoms with E-state index in [1.807, 2.05) is 18.2 Å². The van der Waals surface area contributed by atoms with Crippen LogP contribution in [0.25, 0.3) is 0 Å². The second kappa shape index (κ2) is 10.6. The summed E-state index contributed by atoms with van der Waals surface area (Å²) < 4.78 is 10.8. The summed E-state index contributed by atoms with van der Waals surface area (Å²) in [6, 6.07) is 6.12. The Kier molecular flexibility index (Phi) is 8.17. The second-order valence-electron chi connectivity index (χ2n) is 7.43. The van der Waals surface area contributed by atoms with Crippen LogP contribution in [0.1, 0.15) is 12.8 Å². The van der Waals surface area contributed by atoms with Gasteiger partial charge in [0.05, 0.1) is 26.0 Å². The van der Waals surface area contributed by atoms with E-state index in [2.05, 4.69) is 27.1 Å². The van der Waals surface area contributed by atoms with E-state index >= 15 is 0 Å². The van der Waals surface area contributed by atoms with Crippen molar-refractivity contribution in [1.82, 2.24) is 14.7 Å². The van der Waals surface area contributed by atoms with Crippen LogP contribution in [0, 0.1) is 0 Å². The topological polar surface area (TPSA) is 40.2 Å². The zero-order valence-electron chi connectivity index (χ0n) is 16.8. The largest absolute Gasteiger partial charge is 0.495 e. The standard InChI is InChI=1S/C20H31ClN4O2S/c1-23(9-10-24-11-13-27-14-12-24)17-5-7-25(8-6-17)20(28)22-18-15-16(21)3-4-19(18)26-2/h3-4,15,17H,5-14H2,1-2H3,(H,22,28). The minimum absolute atomic E-state index is 0.612. The molecule has 0 aromatic heterocycles. The smallest absolute Gasteiger partial charge is 0.173 e. The van der Waals surface area contributed by atoms with Crippen molar-refractivity contribution in [2.24, 2.45) is 0 Å². The van der Waals surface area contributed by atoms with E-state index in [9.17, 15) is 0 Å². The Bertz CT molecular complexity index is 649. The highest BCUT2D eigenvalue weighted by Gasteiger charge is 2.24. The number of methoxy groups -OCH3 is 1. The quantitative estimate of drug-likeness (QED) is 0.701. The number of likely N-dealkylation sites (N-methyl/N-ethyl adjacent to an activating group) is 1. The maximum absolute atomic E-state index is 6.11. The fourth-order valence-electron chi connectivity index (χ4n) is 3.79. The lowest BCUT2D eigenvalue weighted by Crippen LogP contribution is -2.48. The van der Waals surface area contributed by atoms with Crippen molar-refractivity contribution in [3.8, 4) is 5.75 Å². The van der Waals surface area contributed by atoms with Crippen LogP contribution >= 0.6 is 23.8 Å². The number of hydrogen-bond donors (Lipinski definition) is 1. The summed E-state index contributed by atoms with van der Waals surface area (Å²) in [6.45, 7) is 7.98. The van der Waals surface area contributed by atoms with E-state index in [1.165, 1.54) is 0 Å². The van der Waals surface area contributed by atoms with Crippen molar-refractivity contribution >= 4 is 34.6 Å². The summed E-state index contributed by atoms with van der Waals surface area (Å²) in [5.74, 6) is 0.740. The second-order valence-corrected chi connectivity index (χ2v) is 8.25. The molecule has 0 bridgehead atoms. The average molecular weight is 427 g/mol. The maximum Gasteiger partial charge on any atom is 0.173 e. The highest BCUT2D eigenvalue weighted by molar-refractivity contribution is 7.80. The van der Waals surface area contributed by atoms with Crippen LogP contribution in [0.4, 0.5) is 5.69 Å². The molecule has 0 aliphatic carbocycles. The van der Waals surface area contributed by atoms with Gasteiger partial charge in [-0.25, -0.2) is 0 Å². The molecule has 2 aliphatic heterocycles. The normalized spacial score (nSPS) is 19.1. The van der Waals surface area contributed by atoms with Crippen molar-refractivity contribution in [2.75, 3.05) is 72.0 Å². The monoisotopic (exact) mass is 426 g/mol. The van der Waals surface area contributed by atoms with E-state index in [1.54, 1.807) is 7.11 Å². The molecule has 2 heterocycles. The van der Waals surface area contributed by atoms with E-state index in [0.29, 0.717) is 11.1 Å². The van der Waals surface area contributed by atoms with Gasteiger partial charge in [0.1, 0.15) is 5.75 Å². The number of likely N-dealkylation sites (tertiary alicyclic amines) is 1. The third kappa shape index (κ3) is 5.94. The molecule has 0 atom stereocenters. The lowest BCUT2D eigenvalue weighted by molar-refractivity contribution is 0.0311. The molecular weight excluding hydrogens is 396 g/mol. The number of hydrogen-bond acceptors (Lipinski definition) is 5. The van der Waals surface area contributed by atoms with Crippen LogP contribution in [0.15, 0.2) is 18.2 Å². The Hall–Kier alpha value is -1.12. The Morgan fingerprint density at radius 3 is 2.68 bits per heavy atom. The molecule has 2 aliphatic rings. The number of morpholine rings is 1. The van der Waals surface area contributed by atoms with Gasteiger partial charge in [0, 0.05) is 50.3 Å². The molecule has 3 rings (SSSR count). The Balaban J connectivity index is 1.44. The lowest BCUT2D eigenvalue weighted by Gasteiger charge is -2.39. The molecule has 0 unspecified atom stereocenters. The molecule has 1 aromatic rings. The molecule has 2 fully saturated rings. The van der Waals surface area contributed by atoms with Gasteiger partial charge in [0.25, 0.3) is 0 Å². The number of thiocarbonyl (C=S) groups is 1. The van der Waals surface area contributed by atoms with Crippen LogP contribution in [-0.4, -0.2) is 92.5 Å². The SMILES string of the molecule is COc1ccc(Cl)cc1NC(=S)N1CCC(N(C)CCN2CCOCC2)CC1. The first-order valence-corrected chi connectivity index (χ1v) is 10.7. The zero-order valence-corrected chi connectivity index (χ0v) is 18.4. The fraction of sp³-hybridized carbons (Fsp3) is 0.650. The van der Waals surface area contributed by atoms with Gasteiger partial charge in [-0.2, -0.15) is 0 Å². The van der Waals surface area contributed by atoms with Gasteiger partial charge in [0.15, 0.2) is 5.11 Å². The molecule has 1 aromatic carbocycles. The number of rotatable bonds is 6. The highest BCUT2D eigenvalue weighted by Crippen LogP contribution is 2.28. The van der Waals surface area contributed by atoms with Crippen LogP contribution < -0.4 is 10.1 Å². The van der Waals surface area contributed by atoms with Gasteiger partial charge in [-0.15, -0.1) is 0 Å². The van der Waals surface area contributed by atoms with E-state index < -0.39 is 0 Å². The van der Waals surface area contributed by atoms with Gasteiger partial charge >= 0.3 is 0 Å². The van der Waals surface area contributed by atoms with Crippen molar-refractivity contribution in [2.45, 2.75) is 18.9 Å². The maximum atomic E-state index is 6.11. The summed E-state index contributed by atoms with van der Waals surface area (Å²) in [5.41, 5.74) is 0.810. The van der Waals surface area contributed by atoms with E-state index in [0.717, 1.165) is 81.9 Å². The van der Waals surface area contributed by atoms with Crippen LogP contribution in [-0.2, 0) is 4.74 Å². The van der Waals surface area contributed by atoms with Crippen LogP contribution in [0.3, 0.4) is 0 Å². The summed E-state index contributed by atoms with van der Waals surface area (Å²) >= 11 is 11.7. The Morgan fingerprint density at radius 2 is 2.00 bits per heavy atom. The molecule has 0 amide bonds. The van der Waals surface area contributed by atoms with Gasteiger partial charge in [-0.3, -0.25) is 4.90 Å². The highest BCUT2D eigenvalue weighted by atomic mass is 35.5. The van der Waals surface area contributed by atoms with Gasteiger partial charge in [-0.1, -0.05) is 11.6 Å². The summed E-state index contributed by atoms with van der Waals surface area (Å²) in [5, 5.41) is 4.69. The predicted octanol–water partition coefficient (Wildman–Crippen LogP) is 2.77. The van der Waals surface area contributed by atoms with Gasteiger partial charge in [-0.05, 0) is 50.3 Å². The van der Waals surface area contributed by atoms with Crippen molar-refractivity contribution < 1.29 is 9.47 Å². The Morgan fingerprint density at radius 1 is 1.29 bits per heavy atom. The molecule has 28 heavy (non-hydrogen) atoms. The molecule has 0 spiro atoms. The van der Waals surface area contributed by atoms with E-state index in [4.69, 9.17) is 33.3 Å². The average Bonchev–Trinajstić information content (AvgIpc) is 2.73. The van der Waals surface area contributed by atoms with Crippen molar-refractivity contribution in [3.63, 3.8) is 0 Å². The Labute approximate surface area is 178 Å². The van der Waals surface area contributed by atoms with Gasteiger partial charge in [0.2, 0.25) is 0 Å². The number of nitrogens with one attached hydrogen (secondary N) is 1. The molecule has 1 N–H and O–H groups in total. The molecule has 156 valence electrons. The van der Waals surface area contributed by atoms with Crippen LogP contribution in [0.2, 0.25) is 5.02 Å². The first kappa shape index (κ1) is 21.6. The summed E-state index contributed by atoms with van der Waals surface area (Å²) in [4.78, 5) is 7.23. The van der Waals surface area contributed by atoms with Crippen molar-refractivity contribution in [1.29, 1.82) is 0 Å². The summed E-state index contributed by atoms with van der Waals surface area (Å²) in [7, 11) is 3.89. The molecule has 6 nitrogen and oxygen atoms in total. The van der Waals surface area contributed by atoms with Gasteiger partial charge < -0.3 is 24.6 Å². The number of piperidine rings is 1. The third-order valence-electron chi connectivity index (χ3n) is 5.65. The number of halogens is 1. The van der Waals surface area contributed by atoms with Crippen molar-refractivity contribution in [3.05, 3.63) is 23.2 Å². The molecular formula is C20H31ClN4O2S. The van der Waals surface area contributed by atoms with Crippen LogP contribution in [0.5, 0.6) is 5.75 Å². The van der Waals surface area contributed by atoms with E-state index in [-0.39, 0.29) is 0 Å². The molecule has 0 saturated carbocycles. The molecule has 0 radical (unpaired) electrons. The lowest BCUT2D eigenvalue weighted by atomic mass is 10.0. The minimum Gasteiger partial charge on any atom is -0.495 e. The first-order chi connectivity index (χ1) is 13.6. The molecule has 8 heteroatoms. The number of nitrogens with zero attached hydrogens (tertiary/aromatic N) is 3. The summed E-state index contributed by atoms with van der Waals surface area (Å²) in [6.07, 6.45) is 2.24. The predicted molar refractivity (Wildman–Crippen MR) is 119 cm³/mol. The third-order valence-corrected chi connectivity index (χ3v) is 6.25.